The van der Waals surface area contributed by atoms with Crippen LogP contribution in [0, 0.1) is 5.82 Å². The third-order valence-electron chi connectivity index (χ3n) is 4.49. The number of benzene rings is 2. The molecular weight excluding hydrogens is 430 g/mol. The smallest absolute Gasteiger partial charge is 0.164 e. The standard InChI is InChI=1S/C18H15Cl2FN2O2S2/c19-12-5-13(20)7-15(6-12)23-17-10-27(24,25)9-16(17)22-18(23)26-8-11-2-1-3-14(21)4-11/h1-7,16-17H,8-10H2/t16-,17-/m1/s1. The SMILES string of the molecule is O=S1(=O)C[C@@H]2[C@@H](C1)N=C(SCc1cccc(F)c1)N2c1cc(Cl)cc(Cl)c1. The van der Waals surface area contributed by atoms with Gasteiger partial charge in [0, 0.05) is 21.5 Å². The molecule has 2 heterocycles. The molecule has 0 radical (unpaired) electrons. The van der Waals surface area contributed by atoms with Crippen LogP contribution in [0.2, 0.25) is 10.0 Å². The molecule has 1 fully saturated rings. The average Bonchev–Trinajstić information content (AvgIpc) is 3.03. The highest BCUT2D eigenvalue weighted by Gasteiger charge is 2.47. The molecule has 2 aliphatic rings. The molecule has 2 aliphatic heterocycles. The van der Waals surface area contributed by atoms with E-state index in [9.17, 15) is 12.8 Å². The first-order valence-electron chi connectivity index (χ1n) is 8.21. The van der Waals surface area contributed by atoms with E-state index in [4.69, 9.17) is 23.2 Å². The Balaban J connectivity index is 1.65. The molecule has 0 aliphatic carbocycles. The van der Waals surface area contributed by atoms with Crippen molar-refractivity contribution in [1.29, 1.82) is 0 Å². The quantitative estimate of drug-likeness (QED) is 0.703. The Hall–Kier alpha value is -1.28. The van der Waals surface area contributed by atoms with Crippen molar-refractivity contribution in [2.24, 2.45) is 4.99 Å². The average molecular weight is 445 g/mol. The summed E-state index contributed by atoms with van der Waals surface area (Å²) in [7, 11) is -3.14. The first-order valence-corrected chi connectivity index (χ1v) is 11.8. The summed E-state index contributed by atoms with van der Waals surface area (Å²) in [6.07, 6.45) is 0. The molecule has 1 saturated heterocycles. The summed E-state index contributed by atoms with van der Waals surface area (Å²) in [6, 6.07) is 10.9. The first-order chi connectivity index (χ1) is 12.8. The molecule has 2 aromatic carbocycles. The Morgan fingerprint density at radius 3 is 2.59 bits per heavy atom. The topological polar surface area (TPSA) is 49.7 Å². The van der Waals surface area contributed by atoms with Gasteiger partial charge >= 0.3 is 0 Å². The van der Waals surface area contributed by atoms with Gasteiger partial charge in [0.1, 0.15) is 5.82 Å². The molecule has 2 aromatic rings. The Bertz CT molecular complexity index is 1010. The van der Waals surface area contributed by atoms with Crippen molar-refractivity contribution in [3.05, 3.63) is 63.9 Å². The third-order valence-corrected chi connectivity index (χ3v) is 7.66. The zero-order valence-corrected chi connectivity index (χ0v) is 17.1. The van der Waals surface area contributed by atoms with Crippen LogP contribution in [0.4, 0.5) is 10.1 Å². The lowest BCUT2D eigenvalue weighted by Gasteiger charge is -2.27. The van der Waals surface area contributed by atoms with E-state index in [0.717, 1.165) is 5.56 Å². The maximum Gasteiger partial charge on any atom is 0.164 e. The van der Waals surface area contributed by atoms with Gasteiger partial charge in [0.25, 0.3) is 0 Å². The normalized spacial score (nSPS) is 23.4. The molecule has 0 saturated carbocycles. The lowest BCUT2D eigenvalue weighted by atomic mass is 10.1. The summed E-state index contributed by atoms with van der Waals surface area (Å²) in [5.74, 6) is 0.304. The lowest BCUT2D eigenvalue weighted by molar-refractivity contribution is 0.601. The summed E-state index contributed by atoms with van der Waals surface area (Å²) < 4.78 is 37.6. The molecule has 0 unspecified atom stereocenters. The molecular formula is C18H15Cl2FN2O2S2. The van der Waals surface area contributed by atoms with E-state index in [2.05, 4.69) is 4.99 Å². The zero-order chi connectivity index (χ0) is 19.2. The van der Waals surface area contributed by atoms with E-state index in [0.29, 0.717) is 26.7 Å². The number of halogens is 3. The van der Waals surface area contributed by atoms with E-state index in [1.165, 1.54) is 23.9 Å². The highest BCUT2D eigenvalue weighted by Crippen LogP contribution is 2.37. The predicted octanol–water partition coefficient (Wildman–Crippen LogP) is 4.41. The number of hydrogen-bond donors (Lipinski definition) is 0. The molecule has 142 valence electrons. The van der Waals surface area contributed by atoms with Crippen LogP contribution in [0.25, 0.3) is 0 Å². The predicted molar refractivity (Wildman–Crippen MR) is 110 cm³/mol. The zero-order valence-electron chi connectivity index (χ0n) is 14.0. The van der Waals surface area contributed by atoms with Crippen LogP contribution in [0.1, 0.15) is 5.56 Å². The largest absolute Gasteiger partial charge is 0.315 e. The van der Waals surface area contributed by atoms with Gasteiger partial charge < -0.3 is 4.90 Å². The molecule has 0 N–H and O–H groups in total. The number of amidine groups is 1. The van der Waals surface area contributed by atoms with Crippen LogP contribution >= 0.6 is 35.0 Å². The van der Waals surface area contributed by atoms with Gasteiger partial charge in [-0.3, -0.25) is 4.99 Å². The van der Waals surface area contributed by atoms with Crippen molar-refractivity contribution in [3.8, 4) is 0 Å². The van der Waals surface area contributed by atoms with Crippen molar-refractivity contribution >= 4 is 55.7 Å². The number of hydrogen-bond acceptors (Lipinski definition) is 5. The summed E-state index contributed by atoms with van der Waals surface area (Å²) in [6.45, 7) is 0. The minimum absolute atomic E-state index is 0.0342. The summed E-state index contributed by atoms with van der Waals surface area (Å²) in [5, 5.41) is 1.63. The first kappa shape index (κ1) is 19.1. The number of rotatable bonds is 3. The second kappa shape index (κ2) is 7.28. The number of aliphatic imine (C=N–C) groups is 1. The summed E-state index contributed by atoms with van der Waals surface area (Å²) in [4.78, 5) is 6.55. The van der Waals surface area contributed by atoms with Crippen molar-refractivity contribution < 1.29 is 12.8 Å². The van der Waals surface area contributed by atoms with E-state index in [-0.39, 0.29) is 29.4 Å². The van der Waals surface area contributed by atoms with Crippen LogP contribution in [0.5, 0.6) is 0 Å². The van der Waals surface area contributed by atoms with Gasteiger partial charge in [0.15, 0.2) is 15.0 Å². The fourth-order valence-corrected chi connectivity index (χ4v) is 6.81. The number of nitrogens with zero attached hydrogens (tertiary/aromatic N) is 2. The molecule has 4 nitrogen and oxygen atoms in total. The lowest BCUT2D eigenvalue weighted by Crippen LogP contribution is -2.39. The van der Waals surface area contributed by atoms with Gasteiger partial charge in [-0.1, -0.05) is 47.1 Å². The molecule has 4 rings (SSSR count). The molecule has 9 heteroatoms. The Kier molecular flexibility index (Phi) is 5.14. The highest BCUT2D eigenvalue weighted by atomic mass is 35.5. The van der Waals surface area contributed by atoms with E-state index in [1.807, 2.05) is 11.0 Å². The minimum Gasteiger partial charge on any atom is -0.315 e. The van der Waals surface area contributed by atoms with Crippen LogP contribution in [-0.2, 0) is 15.6 Å². The van der Waals surface area contributed by atoms with Gasteiger partial charge in [-0.25, -0.2) is 12.8 Å². The Labute approximate surface area is 171 Å². The van der Waals surface area contributed by atoms with E-state index in [1.54, 1.807) is 24.3 Å². The van der Waals surface area contributed by atoms with Gasteiger partial charge in [0.2, 0.25) is 0 Å². The number of fused-ring (bicyclic) bond motifs is 1. The van der Waals surface area contributed by atoms with E-state index < -0.39 is 9.84 Å². The minimum atomic E-state index is -3.14. The van der Waals surface area contributed by atoms with Gasteiger partial charge in [-0.05, 0) is 35.9 Å². The third kappa shape index (κ3) is 4.11. The summed E-state index contributed by atoms with van der Waals surface area (Å²) in [5.41, 5.74) is 1.54. The molecule has 0 aromatic heterocycles. The van der Waals surface area contributed by atoms with Crippen LogP contribution in [-0.4, -0.2) is 37.2 Å². The molecule has 0 bridgehead atoms. The molecule has 2 atom stereocenters. The van der Waals surface area contributed by atoms with Crippen molar-refractivity contribution in [2.45, 2.75) is 17.8 Å². The van der Waals surface area contributed by atoms with Gasteiger partial charge in [0.05, 0.1) is 23.6 Å². The second-order valence-electron chi connectivity index (χ2n) is 6.54. The maximum atomic E-state index is 13.4. The molecule has 27 heavy (non-hydrogen) atoms. The van der Waals surface area contributed by atoms with Crippen molar-refractivity contribution in [2.75, 3.05) is 16.4 Å². The van der Waals surface area contributed by atoms with Crippen LogP contribution in [0.15, 0.2) is 47.5 Å². The monoisotopic (exact) mass is 444 g/mol. The molecule has 0 amide bonds. The second-order valence-corrected chi connectivity index (χ2v) is 10.5. The Morgan fingerprint density at radius 2 is 1.89 bits per heavy atom. The van der Waals surface area contributed by atoms with Crippen molar-refractivity contribution in [1.82, 2.24) is 0 Å². The van der Waals surface area contributed by atoms with Crippen molar-refractivity contribution in [3.63, 3.8) is 0 Å². The van der Waals surface area contributed by atoms with Crippen LogP contribution in [0.3, 0.4) is 0 Å². The fourth-order valence-electron chi connectivity index (χ4n) is 3.39. The fraction of sp³-hybridized carbons (Fsp3) is 0.278. The summed E-state index contributed by atoms with van der Waals surface area (Å²) >= 11 is 13.7. The Morgan fingerprint density at radius 1 is 1.15 bits per heavy atom. The van der Waals surface area contributed by atoms with Gasteiger partial charge in [-0.2, -0.15) is 0 Å². The van der Waals surface area contributed by atoms with E-state index >= 15 is 0 Å². The van der Waals surface area contributed by atoms with Gasteiger partial charge in [-0.15, -0.1) is 0 Å². The molecule has 0 spiro atoms. The number of thioether (sulfide) groups is 1. The highest BCUT2D eigenvalue weighted by molar-refractivity contribution is 8.13. The van der Waals surface area contributed by atoms with Crippen LogP contribution < -0.4 is 4.90 Å². The maximum absolute atomic E-state index is 13.4. The number of sulfone groups is 1. The number of anilines is 1.